The molecule has 0 saturated carbocycles. The average Bonchev–Trinajstić information content (AvgIpc) is 3.35. The van der Waals surface area contributed by atoms with E-state index in [4.69, 9.17) is 13.8 Å². The highest BCUT2D eigenvalue weighted by Gasteiger charge is 2.56. The van der Waals surface area contributed by atoms with E-state index in [2.05, 4.69) is 20.3 Å². The summed E-state index contributed by atoms with van der Waals surface area (Å²) in [6.07, 6.45) is -1.95. The number of hydrogen-bond donors (Lipinski definition) is 3. The number of imidazole rings is 1. The molecule has 2 unspecified atom stereocenters. The number of anilines is 1. The molecule has 2 aromatic heterocycles. The van der Waals surface area contributed by atoms with Gasteiger partial charge in [-0.1, -0.05) is 11.8 Å². The number of thioether (sulfide) groups is 1. The van der Waals surface area contributed by atoms with Crippen LogP contribution in [0.2, 0.25) is 0 Å². The maximum atomic E-state index is 14.3. The normalized spacial score (nSPS) is 26.8. The minimum Gasteiger partial charge on any atom is -0.387 e. The molecule has 0 spiro atoms. The molecule has 0 amide bonds. The fourth-order valence-electron chi connectivity index (χ4n) is 3.36. The molecule has 1 fully saturated rings. The van der Waals surface area contributed by atoms with Crippen molar-refractivity contribution in [3.8, 4) is 0 Å². The number of aliphatic hydroxyl groups is 2. The minimum absolute atomic E-state index is 0.0640. The Morgan fingerprint density at radius 1 is 1.38 bits per heavy atom. The molecule has 5 atom stereocenters. The van der Waals surface area contributed by atoms with E-state index in [9.17, 15) is 24.0 Å². The van der Waals surface area contributed by atoms with E-state index in [1.807, 2.05) is 0 Å². The quantitative estimate of drug-likeness (QED) is 0.281. The summed E-state index contributed by atoms with van der Waals surface area (Å²) in [7, 11) is 0.631. The van der Waals surface area contributed by atoms with Gasteiger partial charge in [-0.05, 0) is 14.1 Å². The summed E-state index contributed by atoms with van der Waals surface area (Å²) in [6, 6.07) is 0. The third kappa shape index (κ3) is 5.26. The predicted molar refractivity (Wildman–Crippen MR) is 122 cm³/mol. The molecule has 0 aliphatic carbocycles. The molecular formula is C18H28FN6O7PS. The topological polar surface area (TPSA) is 161 Å². The number of carbonyl (C=O) groups excluding carboxylic acids is 1. The van der Waals surface area contributed by atoms with Crippen molar-refractivity contribution in [2.24, 2.45) is 0 Å². The van der Waals surface area contributed by atoms with Gasteiger partial charge in [-0.15, -0.1) is 0 Å². The molecule has 16 heteroatoms. The van der Waals surface area contributed by atoms with Gasteiger partial charge < -0.3 is 20.3 Å². The van der Waals surface area contributed by atoms with Gasteiger partial charge in [0.25, 0.3) is 0 Å². The Morgan fingerprint density at radius 3 is 2.74 bits per heavy atom. The Kier molecular flexibility index (Phi) is 8.63. The highest BCUT2D eigenvalue weighted by molar-refractivity contribution is 8.13. The number of hydrogen-bond acceptors (Lipinski definition) is 12. The van der Waals surface area contributed by atoms with E-state index < -0.39 is 45.1 Å². The molecule has 3 heterocycles. The van der Waals surface area contributed by atoms with E-state index in [1.165, 1.54) is 42.9 Å². The highest BCUT2D eigenvalue weighted by atomic mass is 32.2. The van der Waals surface area contributed by atoms with Crippen LogP contribution in [0.3, 0.4) is 0 Å². The van der Waals surface area contributed by atoms with Crippen LogP contribution in [0.15, 0.2) is 12.7 Å². The number of halogens is 1. The van der Waals surface area contributed by atoms with Crippen molar-refractivity contribution in [1.82, 2.24) is 24.2 Å². The van der Waals surface area contributed by atoms with E-state index in [-0.39, 0.29) is 23.1 Å². The van der Waals surface area contributed by atoms with Crippen molar-refractivity contribution in [3.63, 3.8) is 0 Å². The van der Waals surface area contributed by atoms with E-state index in [0.717, 1.165) is 11.8 Å². The first-order chi connectivity index (χ1) is 16.1. The van der Waals surface area contributed by atoms with Crippen molar-refractivity contribution < 1.29 is 37.7 Å². The van der Waals surface area contributed by atoms with Gasteiger partial charge in [-0.25, -0.2) is 28.6 Å². The Morgan fingerprint density at radius 2 is 2.12 bits per heavy atom. The lowest BCUT2D eigenvalue weighted by atomic mass is 9.98. The fraction of sp³-hybridized carbons (Fsp3) is 0.667. The molecule has 13 nitrogen and oxygen atoms in total. The molecular weight excluding hydrogens is 494 g/mol. The van der Waals surface area contributed by atoms with Crippen molar-refractivity contribution >= 4 is 41.6 Å². The molecule has 3 N–H and O–H groups in total. The molecule has 0 aromatic carbocycles. The first kappa shape index (κ1) is 26.9. The first-order valence-corrected chi connectivity index (χ1v) is 12.7. The minimum atomic E-state index is -3.91. The summed E-state index contributed by atoms with van der Waals surface area (Å²) in [4.78, 5) is 23.5. The largest absolute Gasteiger partial charge is 0.407 e. The number of nitrogens with one attached hydrogen (secondary N) is 1. The number of rotatable bonds is 11. The first-order valence-electron chi connectivity index (χ1n) is 10.2. The lowest BCUT2D eigenvalue weighted by Crippen LogP contribution is -2.49. The van der Waals surface area contributed by atoms with Crippen LogP contribution in [-0.2, 0) is 23.1 Å². The second kappa shape index (κ2) is 10.9. The van der Waals surface area contributed by atoms with Crippen LogP contribution >= 0.6 is 19.5 Å². The number of nitrogens with zero attached hydrogens (tertiary/aromatic N) is 5. The fourth-order valence-corrected chi connectivity index (χ4v) is 5.17. The van der Waals surface area contributed by atoms with Gasteiger partial charge in [0.05, 0.1) is 19.5 Å². The summed E-state index contributed by atoms with van der Waals surface area (Å²) < 4.78 is 46.5. The lowest BCUT2D eigenvalue weighted by Gasteiger charge is -2.32. The monoisotopic (exact) mass is 522 g/mol. The number of fused-ring (bicyclic) bond motifs is 1. The van der Waals surface area contributed by atoms with Crippen LogP contribution in [0.1, 0.15) is 13.2 Å². The van der Waals surface area contributed by atoms with Crippen LogP contribution in [0.5, 0.6) is 0 Å². The van der Waals surface area contributed by atoms with Crippen LogP contribution in [0.25, 0.3) is 11.2 Å². The van der Waals surface area contributed by atoms with Gasteiger partial charge in [0.1, 0.15) is 30.7 Å². The molecule has 190 valence electrons. The van der Waals surface area contributed by atoms with Crippen LogP contribution in [0.4, 0.5) is 10.2 Å². The van der Waals surface area contributed by atoms with E-state index in [1.54, 1.807) is 7.05 Å². The van der Waals surface area contributed by atoms with Crippen molar-refractivity contribution in [2.75, 3.05) is 52.1 Å². The number of aromatic nitrogens is 4. The van der Waals surface area contributed by atoms with Gasteiger partial charge in [0.2, 0.25) is 0 Å². The van der Waals surface area contributed by atoms with Crippen molar-refractivity contribution in [3.05, 3.63) is 12.7 Å². The summed E-state index contributed by atoms with van der Waals surface area (Å²) in [5, 5.41) is 24.1. The van der Waals surface area contributed by atoms with Crippen LogP contribution in [-0.4, -0.2) is 104 Å². The average molecular weight is 522 g/mol. The molecule has 3 rings (SSSR count). The predicted octanol–water partition coefficient (Wildman–Crippen LogP) is 0.809. The van der Waals surface area contributed by atoms with Crippen molar-refractivity contribution in [1.29, 1.82) is 0 Å². The Labute approximate surface area is 199 Å². The van der Waals surface area contributed by atoms with Crippen LogP contribution < -0.4 is 5.32 Å². The second-order valence-corrected chi connectivity index (χ2v) is 11.2. The maximum Gasteiger partial charge on any atom is 0.407 e. The number of aliphatic hydroxyl groups excluding tert-OH is 2. The standard InChI is InChI=1S/C18H28FN6O7PS/c1-11(26)34-6-5-30-33(29,24(3)4)31-8-18(7-19)14(28)13(27)17(32-18)25-10-23-12-15(20-2)21-9-22-16(12)25/h9-10,13-14,17,27-28H,5-8H2,1-4H3,(H,20,21,22)/t13?,14-,17+,18-,33?/m1/s1. The second-order valence-electron chi connectivity index (χ2n) is 7.70. The summed E-state index contributed by atoms with van der Waals surface area (Å²) in [5.41, 5.74) is -1.36. The third-order valence-electron chi connectivity index (χ3n) is 5.21. The number of alkyl halides is 1. The Balaban J connectivity index is 1.80. The lowest BCUT2D eigenvalue weighted by molar-refractivity contribution is -0.134. The Bertz CT molecular complexity index is 1060. The van der Waals surface area contributed by atoms with Gasteiger partial charge in [0.15, 0.2) is 28.4 Å². The molecule has 0 radical (unpaired) electrons. The SMILES string of the molecule is CNc1ncnc2c1ncn2[C@H]1O[C@](CF)(COP(=O)(OCCSC(C)=O)N(C)C)[C@H](O)C1O. The van der Waals surface area contributed by atoms with E-state index in [0.29, 0.717) is 11.3 Å². The smallest absolute Gasteiger partial charge is 0.387 e. The molecule has 1 aliphatic rings. The van der Waals surface area contributed by atoms with Gasteiger partial charge >= 0.3 is 7.75 Å². The molecule has 1 aliphatic heterocycles. The molecule has 34 heavy (non-hydrogen) atoms. The van der Waals surface area contributed by atoms with Gasteiger partial charge in [-0.3, -0.25) is 18.4 Å². The summed E-state index contributed by atoms with van der Waals surface area (Å²) >= 11 is 0.993. The Hall–Kier alpha value is -1.71. The molecule has 2 aromatic rings. The van der Waals surface area contributed by atoms with Crippen molar-refractivity contribution in [2.45, 2.75) is 31.0 Å². The van der Waals surface area contributed by atoms with Gasteiger partial charge in [-0.2, -0.15) is 0 Å². The zero-order valence-electron chi connectivity index (χ0n) is 19.1. The zero-order chi connectivity index (χ0) is 25.1. The highest BCUT2D eigenvalue weighted by Crippen LogP contribution is 2.52. The van der Waals surface area contributed by atoms with Crippen LogP contribution in [0, 0.1) is 0 Å². The summed E-state index contributed by atoms with van der Waals surface area (Å²) in [5.74, 6) is 0.679. The molecule has 1 saturated heterocycles. The summed E-state index contributed by atoms with van der Waals surface area (Å²) in [6.45, 7) is -0.603. The molecule has 0 bridgehead atoms. The maximum absolute atomic E-state index is 14.3. The number of ether oxygens (including phenoxy) is 1. The van der Waals surface area contributed by atoms with E-state index >= 15 is 0 Å². The number of carbonyl (C=O) groups is 1. The van der Waals surface area contributed by atoms with Gasteiger partial charge in [0, 0.05) is 19.7 Å². The third-order valence-corrected chi connectivity index (χ3v) is 7.93. The zero-order valence-corrected chi connectivity index (χ0v) is 20.8.